The van der Waals surface area contributed by atoms with E-state index in [9.17, 15) is 19.5 Å². The van der Waals surface area contributed by atoms with E-state index in [0.29, 0.717) is 23.7 Å². The van der Waals surface area contributed by atoms with Crippen molar-refractivity contribution in [2.75, 3.05) is 5.32 Å². The van der Waals surface area contributed by atoms with Crippen LogP contribution >= 0.6 is 0 Å². The van der Waals surface area contributed by atoms with E-state index in [0.717, 1.165) is 80.8 Å². The first kappa shape index (κ1) is 37.1. The molecule has 0 bridgehead atoms. The summed E-state index contributed by atoms with van der Waals surface area (Å²) in [5.41, 5.74) is 1.39. The molecule has 282 valence electrons. The number of aromatic nitrogens is 1. The molecule has 2 N–H and O–H groups in total. The van der Waals surface area contributed by atoms with Crippen molar-refractivity contribution in [1.82, 2.24) is 4.98 Å². The first-order chi connectivity index (χ1) is 24.3. The number of carboxylic acids is 1. The molecule has 7 rings (SSSR count). The molecule has 5 aliphatic carbocycles. The summed E-state index contributed by atoms with van der Waals surface area (Å²) < 4.78 is 6.18. The number of anilines is 1. The van der Waals surface area contributed by atoms with Crippen LogP contribution < -0.4 is 5.32 Å². The third-order valence-corrected chi connectivity index (χ3v) is 16.8. The number of pyridine rings is 1. The fourth-order valence-corrected chi connectivity index (χ4v) is 13.8. The van der Waals surface area contributed by atoms with Crippen LogP contribution in [0.25, 0.3) is 10.9 Å². The van der Waals surface area contributed by atoms with E-state index in [2.05, 4.69) is 70.6 Å². The van der Waals surface area contributed by atoms with Crippen LogP contribution in [-0.4, -0.2) is 34.0 Å². The molecule has 2 aromatic rings. The number of para-hydroxylation sites is 1. The molecule has 5 saturated carbocycles. The first-order valence-corrected chi connectivity index (χ1v) is 20.1. The number of allylic oxidation sites excluding steroid dienone is 1. The molecular weight excluding hydrogens is 649 g/mol. The quantitative estimate of drug-likeness (QED) is 0.219. The predicted octanol–water partition coefficient (Wildman–Crippen LogP) is 10.2. The lowest BCUT2D eigenvalue weighted by molar-refractivity contribution is -0.249. The van der Waals surface area contributed by atoms with E-state index in [-0.39, 0.29) is 46.0 Å². The molecule has 5 fully saturated rings. The highest BCUT2D eigenvalue weighted by atomic mass is 16.5. The Kier molecular flexibility index (Phi) is 8.86. The Hall–Kier alpha value is -3.22. The lowest BCUT2D eigenvalue weighted by Gasteiger charge is -2.72. The molecule has 8 unspecified atom stereocenters. The minimum absolute atomic E-state index is 0.0905. The van der Waals surface area contributed by atoms with Gasteiger partial charge in [-0.2, -0.15) is 0 Å². The van der Waals surface area contributed by atoms with Crippen LogP contribution in [0.3, 0.4) is 0 Å². The summed E-state index contributed by atoms with van der Waals surface area (Å²) in [7, 11) is 0. The number of nitrogens with zero attached hydrogens (tertiary/aromatic N) is 1. The topological polar surface area (TPSA) is 106 Å². The van der Waals surface area contributed by atoms with Gasteiger partial charge in [-0.05, 0) is 143 Å². The Morgan fingerprint density at radius 1 is 0.904 bits per heavy atom. The van der Waals surface area contributed by atoms with Gasteiger partial charge in [0.2, 0.25) is 5.91 Å². The van der Waals surface area contributed by atoms with E-state index < -0.39 is 22.8 Å². The van der Waals surface area contributed by atoms with Gasteiger partial charge in [0.15, 0.2) is 0 Å². The number of amides is 1. The SMILES string of the molecule is C=C(C)C1CC[C@]2(C(=O)Nc3cccc4cccnc34)CC[C@]3(C)C(CCC4C5(C)CCC(OC(=O)CC(C)(C)C(=O)O)C(C)(C)C5CCC43C)C12. The number of hydrogen-bond acceptors (Lipinski definition) is 5. The van der Waals surface area contributed by atoms with Gasteiger partial charge in [-0.15, -0.1) is 0 Å². The number of aliphatic carboxylic acids is 1. The Bertz CT molecular complexity index is 1790. The molecule has 5 aliphatic rings. The van der Waals surface area contributed by atoms with Crippen molar-refractivity contribution in [3.05, 3.63) is 48.7 Å². The summed E-state index contributed by atoms with van der Waals surface area (Å²) in [6.45, 7) is 22.2. The molecule has 10 atom stereocenters. The minimum Gasteiger partial charge on any atom is -0.481 e. The lowest BCUT2D eigenvalue weighted by atomic mass is 9.32. The van der Waals surface area contributed by atoms with Crippen molar-refractivity contribution >= 4 is 34.4 Å². The number of carbonyl (C=O) groups excluding carboxylic acids is 2. The second-order valence-corrected chi connectivity index (χ2v) is 19.9. The maximum atomic E-state index is 14.8. The van der Waals surface area contributed by atoms with Crippen LogP contribution in [0.5, 0.6) is 0 Å². The van der Waals surface area contributed by atoms with Gasteiger partial charge in [-0.3, -0.25) is 19.4 Å². The molecular formula is C45H62N2O5. The van der Waals surface area contributed by atoms with Crippen molar-refractivity contribution < 1.29 is 24.2 Å². The summed E-state index contributed by atoms with van der Waals surface area (Å²) in [5, 5.41) is 14.1. The van der Waals surface area contributed by atoms with E-state index in [1.54, 1.807) is 20.0 Å². The van der Waals surface area contributed by atoms with Gasteiger partial charge in [-0.25, -0.2) is 0 Å². The summed E-state index contributed by atoms with van der Waals surface area (Å²) >= 11 is 0. The second kappa shape index (κ2) is 12.4. The molecule has 0 saturated heterocycles. The average Bonchev–Trinajstić information content (AvgIpc) is 3.48. The maximum absolute atomic E-state index is 14.8. The van der Waals surface area contributed by atoms with Crippen molar-refractivity contribution in [2.45, 2.75) is 132 Å². The van der Waals surface area contributed by atoms with Crippen LogP contribution in [0.15, 0.2) is 48.7 Å². The molecule has 0 aliphatic heterocycles. The van der Waals surface area contributed by atoms with E-state index in [1.807, 2.05) is 18.2 Å². The van der Waals surface area contributed by atoms with Gasteiger partial charge in [-0.1, -0.05) is 65.0 Å². The number of carboxylic acid groups (broad SMARTS) is 1. The van der Waals surface area contributed by atoms with Crippen LogP contribution in [-0.2, 0) is 19.1 Å². The monoisotopic (exact) mass is 710 g/mol. The molecule has 1 aromatic heterocycles. The van der Waals surface area contributed by atoms with Crippen LogP contribution in [0.4, 0.5) is 5.69 Å². The average molecular weight is 711 g/mol. The number of hydrogen-bond donors (Lipinski definition) is 2. The Labute approximate surface area is 311 Å². The molecule has 7 nitrogen and oxygen atoms in total. The molecule has 1 amide bonds. The molecule has 7 heteroatoms. The third kappa shape index (κ3) is 5.32. The fourth-order valence-electron chi connectivity index (χ4n) is 13.8. The highest BCUT2D eigenvalue weighted by Crippen LogP contribution is 2.77. The van der Waals surface area contributed by atoms with Gasteiger partial charge in [0.1, 0.15) is 6.10 Å². The Balaban J connectivity index is 1.16. The fraction of sp³-hybridized carbons (Fsp3) is 0.689. The number of carbonyl (C=O) groups is 3. The zero-order chi connectivity index (χ0) is 37.6. The smallest absolute Gasteiger partial charge is 0.309 e. The van der Waals surface area contributed by atoms with Crippen molar-refractivity contribution in [3.63, 3.8) is 0 Å². The second-order valence-electron chi connectivity index (χ2n) is 19.9. The molecule has 1 aromatic carbocycles. The van der Waals surface area contributed by atoms with E-state index >= 15 is 0 Å². The summed E-state index contributed by atoms with van der Waals surface area (Å²) in [5.74, 6) is 0.754. The number of esters is 1. The van der Waals surface area contributed by atoms with Gasteiger partial charge in [0, 0.05) is 17.0 Å². The maximum Gasteiger partial charge on any atom is 0.309 e. The van der Waals surface area contributed by atoms with Gasteiger partial charge >= 0.3 is 11.9 Å². The van der Waals surface area contributed by atoms with Gasteiger partial charge in [0.25, 0.3) is 0 Å². The molecule has 1 heterocycles. The van der Waals surface area contributed by atoms with Crippen LogP contribution in [0.2, 0.25) is 0 Å². The van der Waals surface area contributed by atoms with Crippen molar-refractivity contribution in [1.29, 1.82) is 0 Å². The largest absolute Gasteiger partial charge is 0.481 e. The standard InChI is InChI=1S/C45H62N2O5/c1-27(2)29-17-22-45(38(49)47-31-14-10-12-28-13-11-25-46-37(28)31)24-23-43(8)30(36(29)45)15-16-33-42(7)20-19-34(52-35(48)26-40(3,4)39(50)51)41(5,6)32(42)18-21-44(33,43)9/h10-14,25,29-30,32-34,36H,1,15-24,26H2,2-9H3,(H,47,49)(H,50,51)/t29?,30?,32?,33?,34?,36?,42?,43-,44?,45+/m1/s1. The lowest BCUT2D eigenvalue weighted by Crippen LogP contribution is -2.67. The number of benzene rings is 1. The third-order valence-electron chi connectivity index (χ3n) is 16.8. The van der Waals surface area contributed by atoms with E-state index in [1.165, 1.54) is 5.57 Å². The van der Waals surface area contributed by atoms with Crippen molar-refractivity contribution in [2.24, 2.45) is 62.1 Å². The summed E-state index contributed by atoms with van der Waals surface area (Å²) in [6, 6.07) is 10.0. The number of ether oxygens (including phenoxy) is 1. The highest BCUT2D eigenvalue weighted by Gasteiger charge is 2.72. The minimum atomic E-state index is -1.15. The zero-order valence-corrected chi connectivity index (χ0v) is 32.9. The Morgan fingerprint density at radius 2 is 1.63 bits per heavy atom. The highest BCUT2D eigenvalue weighted by molar-refractivity contribution is 6.02. The van der Waals surface area contributed by atoms with Crippen LogP contribution in [0, 0.1) is 62.1 Å². The number of fused-ring (bicyclic) bond motifs is 8. The van der Waals surface area contributed by atoms with Crippen molar-refractivity contribution in [3.8, 4) is 0 Å². The zero-order valence-electron chi connectivity index (χ0n) is 32.9. The first-order valence-electron chi connectivity index (χ1n) is 20.1. The van der Waals surface area contributed by atoms with Gasteiger partial charge < -0.3 is 15.2 Å². The number of rotatable bonds is 7. The number of nitrogens with one attached hydrogen (secondary N) is 1. The van der Waals surface area contributed by atoms with Gasteiger partial charge in [0.05, 0.1) is 28.5 Å². The normalized spacial score (nSPS) is 39.3. The Morgan fingerprint density at radius 3 is 2.35 bits per heavy atom. The van der Waals surface area contributed by atoms with Crippen LogP contribution in [0.1, 0.15) is 126 Å². The summed E-state index contributed by atoms with van der Waals surface area (Å²) in [4.78, 5) is 44.3. The predicted molar refractivity (Wildman–Crippen MR) is 205 cm³/mol. The van der Waals surface area contributed by atoms with E-state index in [4.69, 9.17) is 4.74 Å². The molecule has 52 heavy (non-hydrogen) atoms. The molecule has 0 spiro atoms. The molecule has 0 radical (unpaired) electrons. The summed E-state index contributed by atoms with van der Waals surface area (Å²) in [6.07, 6.45) is 11.6.